The summed E-state index contributed by atoms with van der Waals surface area (Å²) in [6, 6.07) is 7.36. The van der Waals surface area contributed by atoms with Crippen molar-refractivity contribution in [3.63, 3.8) is 0 Å². The largest absolute Gasteiger partial charge is 0.383 e. The van der Waals surface area contributed by atoms with E-state index in [0.29, 0.717) is 32.6 Å². The normalized spacial score (nSPS) is 17.8. The van der Waals surface area contributed by atoms with Gasteiger partial charge in [0.25, 0.3) is 0 Å². The molecule has 2 rings (SSSR count). The minimum atomic E-state index is -0.772. The number of hydrogen-bond acceptors (Lipinski definition) is 8. The lowest BCUT2D eigenvalue weighted by Crippen LogP contribution is -2.52. The molecular formula is C30H53N7O3S. The van der Waals surface area contributed by atoms with Crippen LogP contribution in [0.1, 0.15) is 52.0 Å². The monoisotopic (exact) mass is 591 g/mol. The maximum absolute atomic E-state index is 13.1. The van der Waals surface area contributed by atoms with E-state index in [-0.39, 0.29) is 28.3 Å². The number of amides is 3. The van der Waals surface area contributed by atoms with Crippen molar-refractivity contribution >= 4 is 35.2 Å². The van der Waals surface area contributed by atoms with Crippen molar-refractivity contribution in [3.05, 3.63) is 29.8 Å². The Kier molecular flexibility index (Phi) is 16.1. The SMILES string of the molecule is CCN(CC)CCNC(=O)CCCc1ccc(NC[C@H]2SC([C@H](N)C(=O)NCCCCN(C)C)N(CC)C2=O)cc1. The summed E-state index contributed by atoms with van der Waals surface area (Å²) in [5, 5.41) is 8.63. The Hall–Kier alpha value is -2.34. The maximum atomic E-state index is 13.1. The lowest BCUT2D eigenvalue weighted by molar-refractivity contribution is -0.131. The Morgan fingerprint density at radius 2 is 1.71 bits per heavy atom. The number of likely N-dealkylation sites (N-methyl/N-ethyl adjacent to an activating group) is 2. The summed E-state index contributed by atoms with van der Waals surface area (Å²) in [5.74, 6) is -0.0954. The number of unbranched alkanes of at least 4 members (excludes halogenated alkanes) is 1. The van der Waals surface area contributed by atoms with Crippen LogP contribution in [0.3, 0.4) is 0 Å². The van der Waals surface area contributed by atoms with Gasteiger partial charge in [-0.05, 0) is 84.0 Å². The Balaban J connectivity index is 1.74. The van der Waals surface area contributed by atoms with E-state index in [0.717, 1.165) is 57.5 Å². The molecule has 0 aromatic heterocycles. The summed E-state index contributed by atoms with van der Waals surface area (Å²) in [7, 11) is 4.06. The standard InChI is InChI=1S/C30H53N7O3S/c1-6-36(7-2)21-19-32-26(38)13-11-12-23-14-16-24(17-15-23)34-22-25-29(40)37(8-3)30(41-25)27(31)28(39)33-18-9-10-20-35(4)5/h14-17,25,27,30,34H,6-13,18-22,31H2,1-5H3,(H,32,38)(H,33,39)/t25-,27-,30?/m1/s1. The lowest BCUT2D eigenvalue weighted by atomic mass is 10.1. The van der Waals surface area contributed by atoms with Crippen LogP contribution in [-0.2, 0) is 20.8 Å². The molecule has 3 atom stereocenters. The highest BCUT2D eigenvalue weighted by molar-refractivity contribution is 8.01. The Labute approximate surface area is 251 Å². The third kappa shape index (κ3) is 12.2. The summed E-state index contributed by atoms with van der Waals surface area (Å²) in [6.45, 7) is 12.3. The summed E-state index contributed by atoms with van der Waals surface area (Å²) in [4.78, 5) is 44.0. The number of hydrogen-bond donors (Lipinski definition) is 4. The second-order valence-corrected chi connectivity index (χ2v) is 12.1. The van der Waals surface area contributed by atoms with Crippen LogP contribution in [0.5, 0.6) is 0 Å². The Bertz CT molecular complexity index is 927. The molecule has 0 radical (unpaired) electrons. The van der Waals surface area contributed by atoms with Gasteiger partial charge in [-0.2, -0.15) is 0 Å². The zero-order chi connectivity index (χ0) is 30.2. The fourth-order valence-electron chi connectivity index (χ4n) is 4.81. The summed E-state index contributed by atoms with van der Waals surface area (Å²) in [5.41, 5.74) is 8.43. The van der Waals surface area contributed by atoms with Crippen LogP contribution < -0.4 is 21.7 Å². The highest BCUT2D eigenvalue weighted by atomic mass is 32.2. The predicted molar refractivity (Wildman–Crippen MR) is 170 cm³/mol. The number of thioether (sulfide) groups is 1. The molecule has 1 aromatic carbocycles. The molecule has 3 amide bonds. The molecule has 1 fully saturated rings. The number of nitrogens with two attached hydrogens (primary N) is 1. The zero-order valence-electron chi connectivity index (χ0n) is 25.8. The van der Waals surface area contributed by atoms with Crippen LogP contribution >= 0.6 is 11.8 Å². The van der Waals surface area contributed by atoms with Crippen molar-refractivity contribution in [3.8, 4) is 0 Å². The molecule has 232 valence electrons. The zero-order valence-corrected chi connectivity index (χ0v) is 26.6. The number of benzene rings is 1. The van der Waals surface area contributed by atoms with E-state index in [1.54, 1.807) is 4.90 Å². The molecule has 5 N–H and O–H groups in total. The first-order chi connectivity index (χ1) is 19.7. The summed E-state index contributed by atoms with van der Waals surface area (Å²) in [6.07, 6.45) is 4.05. The Morgan fingerprint density at radius 1 is 1.00 bits per heavy atom. The second kappa shape index (κ2) is 19.0. The van der Waals surface area contributed by atoms with Crippen molar-refractivity contribution in [1.82, 2.24) is 25.3 Å². The van der Waals surface area contributed by atoms with Crippen molar-refractivity contribution in [1.29, 1.82) is 0 Å². The fourth-order valence-corrected chi connectivity index (χ4v) is 6.27. The molecule has 1 aliphatic heterocycles. The number of nitrogens with zero attached hydrogens (tertiary/aromatic N) is 3. The number of carbonyl (C=O) groups is 3. The van der Waals surface area contributed by atoms with Gasteiger partial charge < -0.3 is 36.4 Å². The van der Waals surface area contributed by atoms with E-state index in [9.17, 15) is 14.4 Å². The van der Waals surface area contributed by atoms with Crippen molar-refractivity contribution in [2.24, 2.45) is 5.73 Å². The van der Waals surface area contributed by atoms with E-state index >= 15 is 0 Å². The summed E-state index contributed by atoms with van der Waals surface area (Å²) >= 11 is 1.46. The van der Waals surface area contributed by atoms with Gasteiger partial charge in [-0.15, -0.1) is 11.8 Å². The first kappa shape index (κ1) is 34.9. The van der Waals surface area contributed by atoms with Crippen molar-refractivity contribution in [2.75, 3.05) is 71.8 Å². The fraction of sp³-hybridized carbons (Fsp3) is 0.700. The van der Waals surface area contributed by atoms with Gasteiger partial charge in [-0.1, -0.05) is 26.0 Å². The van der Waals surface area contributed by atoms with Gasteiger partial charge in [0, 0.05) is 44.8 Å². The Morgan fingerprint density at radius 3 is 2.34 bits per heavy atom. The second-order valence-electron chi connectivity index (χ2n) is 10.8. The first-order valence-corrected chi connectivity index (χ1v) is 16.1. The number of anilines is 1. The molecule has 11 heteroatoms. The molecule has 0 spiro atoms. The molecule has 1 aliphatic rings. The minimum Gasteiger partial charge on any atom is -0.383 e. The highest BCUT2D eigenvalue weighted by Crippen LogP contribution is 2.33. The van der Waals surface area contributed by atoms with Gasteiger partial charge in [0.15, 0.2) is 0 Å². The van der Waals surface area contributed by atoms with E-state index in [1.807, 2.05) is 33.2 Å². The average molecular weight is 592 g/mol. The maximum Gasteiger partial charge on any atom is 0.239 e. The van der Waals surface area contributed by atoms with Gasteiger partial charge in [-0.25, -0.2) is 0 Å². The van der Waals surface area contributed by atoms with Gasteiger partial charge in [0.1, 0.15) is 16.7 Å². The molecule has 0 aliphatic carbocycles. The smallest absolute Gasteiger partial charge is 0.239 e. The van der Waals surface area contributed by atoms with Crippen molar-refractivity contribution in [2.45, 2.75) is 69.5 Å². The topological polar surface area (TPSA) is 123 Å². The van der Waals surface area contributed by atoms with Crippen LogP contribution in [-0.4, -0.2) is 116 Å². The van der Waals surface area contributed by atoms with Crippen LogP contribution in [0.25, 0.3) is 0 Å². The first-order valence-electron chi connectivity index (χ1n) is 15.2. The third-order valence-electron chi connectivity index (χ3n) is 7.41. The van der Waals surface area contributed by atoms with E-state index in [1.165, 1.54) is 17.3 Å². The molecule has 0 saturated carbocycles. The van der Waals surface area contributed by atoms with E-state index in [4.69, 9.17) is 5.73 Å². The molecular weight excluding hydrogens is 538 g/mol. The number of aryl methyl sites for hydroxylation is 1. The molecule has 41 heavy (non-hydrogen) atoms. The average Bonchev–Trinajstić information content (AvgIpc) is 3.28. The van der Waals surface area contributed by atoms with Gasteiger partial charge in [0.2, 0.25) is 17.7 Å². The highest BCUT2D eigenvalue weighted by Gasteiger charge is 2.44. The number of rotatable bonds is 20. The molecule has 0 bridgehead atoms. The molecule has 1 unspecified atom stereocenters. The molecule has 10 nitrogen and oxygen atoms in total. The van der Waals surface area contributed by atoms with Gasteiger partial charge in [-0.3, -0.25) is 14.4 Å². The predicted octanol–water partition coefficient (Wildman–Crippen LogP) is 1.95. The van der Waals surface area contributed by atoms with Crippen LogP contribution in [0.4, 0.5) is 5.69 Å². The van der Waals surface area contributed by atoms with Crippen molar-refractivity contribution < 1.29 is 14.4 Å². The van der Waals surface area contributed by atoms with E-state index in [2.05, 4.69) is 51.7 Å². The van der Waals surface area contributed by atoms with Gasteiger partial charge in [0.05, 0.1) is 0 Å². The molecule has 1 saturated heterocycles. The number of carbonyl (C=O) groups excluding carboxylic acids is 3. The van der Waals surface area contributed by atoms with E-state index < -0.39 is 6.04 Å². The molecule has 1 aromatic rings. The van der Waals surface area contributed by atoms with Gasteiger partial charge >= 0.3 is 0 Å². The quantitative estimate of drug-likeness (QED) is 0.170. The minimum absolute atomic E-state index is 0.0104. The molecule has 1 heterocycles. The van der Waals surface area contributed by atoms with Crippen LogP contribution in [0.15, 0.2) is 24.3 Å². The lowest BCUT2D eigenvalue weighted by Gasteiger charge is -2.26. The third-order valence-corrected chi connectivity index (χ3v) is 8.93. The summed E-state index contributed by atoms with van der Waals surface area (Å²) < 4.78 is 0. The number of nitrogens with one attached hydrogen (secondary N) is 3. The van der Waals surface area contributed by atoms with Crippen LogP contribution in [0, 0.1) is 0 Å². The van der Waals surface area contributed by atoms with Crippen LogP contribution in [0.2, 0.25) is 0 Å².